The first-order valence-electron chi connectivity index (χ1n) is 10.3. The molecule has 5 rings (SSSR count). The standard InChI is InChI=1S/C25H25NO3/c1-4-11-20(12-5-1)19-26-23(21-13-6-2-7-14-21)28-29-24(27-26)25(17-10-18-25)22-15-8-3-9-16-22/h1-9,11-16,23-24H,10,17-19H2. The van der Waals surface area contributed by atoms with Gasteiger partial charge < -0.3 is 0 Å². The molecule has 2 aliphatic rings. The zero-order chi connectivity index (χ0) is 19.5. The van der Waals surface area contributed by atoms with Crippen LogP contribution in [0.15, 0.2) is 91.0 Å². The molecule has 3 aromatic carbocycles. The molecule has 1 aliphatic carbocycles. The van der Waals surface area contributed by atoms with E-state index in [9.17, 15) is 0 Å². The third-order valence-electron chi connectivity index (χ3n) is 6.04. The summed E-state index contributed by atoms with van der Waals surface area (Å²) in [5.74, 6) is 0. The van der Waals surface area contributed by atoms with Gasteiger partial charge >= 0.3 is 0 Å². The zero-order valence-corrected chi connectivity index (χ0v) is 16.3. The molecule has 4 nitrogen and oxygen atoms in total. The Balaban J connectivity index is 1.44. The second kappa shape index (κ2) is 8.09. The predicted molar refractivity (Wildman–Crippen MR) is 110 cm³/mol. The molecule has 3 aromatic rings. The number of nitrogens with zero attached hydrogens (tertiary/aromatic N) is 1. The second-order valence-corrected chi connectivity index (χ2v) is 7.83. The number of hydrogen-bond acceptors (Lipinski definition) is 4. The van der Waals surface area contributed by atoms with Crippen LogP contribution in [0, 0.1) is 0 Å². The number of hydroxylamine groups is 2. The predicted octanol–water partition coefficient (Wildman–Crippen LogP) is 5.53. The van der Waals surface area contributed by atoms with Crippen molar-refractivity contribution in [2.24, 2.45) is 0 Å². The maximum atomic E-state index is 6.51. The summed E-state index contributed by atoms with van der Waals surface area (Å²) in [6.07, 6.45) is 2.34. The van der Waals surface area contributed by atoms with Crippen molar-refractivity contribution in [2.45, 2.75) is 43.7 Å². The molecule has 2 atom stereocenters. The first kappa shape index (κ1) is 18.5. The molecule has 0 aromatic heterocycles. The second-order valence-electron chi connectivity index (χ2n) is 7.83. The summed E-state index contributed by atoms with van der Waals surface area (Å²) in [6.45, 7) is 0.616. The fourth-order valence-corrected chi connectivity index (χ4v) is 4.25. The van der Waals surface area contributed by atoms with Crippen LogP contribution in [-0.2, 0) is 26.6 Å². The molecular weight excluding hydrogens is 362 g/mol. The summed E-state index contributed by atoms with van der Waals surface area (Å²) in [7, 11) is 0. The third kappa shape index (κ3) is 3.61. The van der Waals surface area contributed by atoms with Crippen molar-refractivity contribution in [3.05, 3.63) is 108 Å². The topological polar surface area (TPSA) is 30.9 Å². The lowest BCUT2D eigenvalue weighted by Gasteiger charge is -2.50. The van der Waals surface area contributed by atoms with Crippen molar-refractivity contribution in [3.8, 4) is 0 Å². The third-order valence-corrected chi connectivity index (χ3v) is 6.04. The van der Waals surface area contributed by atoms with Crippen LogP contribution in [0.3, 0.4) is 0 Å². The Kier molecular flexibility index (Phi) is 5.17. The van der Waals surface area contributed by atoms with Gasteiger partial charge in [0.05, 0.1) is 12.0 Å². The number of hydrogen-bond donors (Lipinski definition) is 0. The summed E-state index contributed by atoms with van der Waals surface area (Å²) in [5.41, 5.74) is 3.25. The molecular formula is C25H25NO3. The van der Waals surface area contributed by atoms with E-state index in [1.165, 1.54) is 17.5 Å². The largest absolute Gasteiger partial charge is 0.260 e. The normalized spacial score (nSPS) is 24.0. The van der Waals surface area contributed by atoms with E-state index in [4.69, 9.17) is 14.6 Å². The first-order chi connectivity index (χ1) is 14.4. The molecule has 148 valence electrons. The van der Waals surface area contributed by atoms with Crippen LogP contribution in [0.1, 0.15) is 42.2 Å². The maximum absolute atomic E-state index is 6.51. The van der Waals surface area contributed by atoms with Gasteiger partial charge in [0.15, 0.2) is 6.23 Å². The summed E-state index contributed by atoms with van der Waals surface area (Å²) < 4.78 is 0. The molecule has 0 spiro atoms. The fraction of sp³-hybridized carbons (Fsp3) is 0.280. The van der Waals surface area contributed by atoms with Gasteiger partial charge in [-0.2, -0.15) is 4.89 Å². The minimum atomic E-state index is -0.470. The molecule has 2 fully saturated rings. The average molecular weight is 387 g/mol. The number of benzene rings is 3. The Morgan fingerprint density at radius 1 is 0.759 bits per heavy atom. The Bertz CT molecular complexity index is 913. The van der Waals surface area contributed by atoms with Gasteiger partial charge in [0, 0.05) is 5.56 Å². The van der Waals surface area contributed by atoms with Crippen LogP contribution in [-0.4, -0.2) is 11.4 Å². The lowest BCUT2D eigenvalue weighted by molar-refractivity contribution is -0.545. The molecule has 1 saturated carbocycles. The first-order valence-corrected chi connectivity index (χ1v) is 10.3. The molecule has 0 radical (unpaired) electrons. The van der Waals surface area contributed by atoms with Crippen molar-refractivity contribution in [3.63, 3.8) is 0 Å². The highest BCUT2D eigenvalue weighted by atomic mass is 17.3. The van der Waals surface area contributed by atoms with Crippen molar-refractivity contribution >= 4 is 0 Å². The van der Waals surface area contributed by atoms with Crippen LogP contribution in [0.2, 0.25) is 0 Å². The Morgan fingerprint density at radius 3 is 2.00 bits per heavy atom. The van der Waals surface area contributed by atoms with Gasteiger partial charge in [-0.05, 0) is 24.0 Å². The number of rotatable bonds is 5. The minimum Gasteiger partial charge on any atom is -0.260 e. The van der Waals surface area contributed by atoms with Gasteiger partial charge in [-0.3, -0.25) is 4.84 Å². The smallest absolute Gasteiger partial charge is 0.220 e. The van der Waals surface area contributed by atoms with Crippen molar-refractivity contribution in [2.75, 3.05) is 0 Å². The van der Waals surface area contributed by atoms with Crippen LogP contribution < -0.4 is 0 Å². The lowest BCUT2D eigenvalue weighted by atomic mass is 9.64. The maximum Gasteiger partial charge on any atom is 0.220 e. The Hall–Kier alpha value is -2.50. The van der Waals surface area contributed by atoms with E-state index in [0.29, 0.717) is 6.54 Å². The van der Waals surface area contributed by atoms with Crippen molar-refractivity contribution < 1.29 is 14.6 Å². The highest BCUT2D eigenvalue weighted by Crippen LogP contribution is 2.50. The van der Waals surface area contributed by atoms with Gasteiger partial charge in [0.2, 0.25) is 6.29 Å². The Labute approximate surface area is 171 Å². The van der Waals surface area contributed by atoms with Gasteiger partial charge in [-0.1, -0.05) is 97.4 Å². The van der Waals surface area contributed by atoms with Gasteiger partial charge in [0.25, 0.3) is 0 Å². The van der Waals surface area contributed by atoms with Crippen molar-refractivity contribution in [1.29, 1.82) is 0 Å². The van der Waals surface area contributed by atoms with Crippen LogP contribution in [0.5, 0.6) is 0 Å². The lowest BCUT2D eigenvalue weighted by Crippen LogP contribution is -2.54. The SMILES string of the molecule is c1ccc(CN2OC(C3(c4ccccc4)CCC3)OOC2c2ccccc2)cc1. The van der Waals surface area contributed by atoms with Gasteiger partial charge in [-0.25, -0.2) is 4.89 Å². The molecule has 4 heteroatoms. The zero-order valence-electron chi connectivity index (χ0n) is 16.3. The summed E-state index contributed by atoms with van der Waals surface area (Å²) in [4.78, 5) is 18.4. The van der Waals surface area contributed by atoms with E-state index in [1.54, 1.807) is 0 Å². The van der Waals surface area contributed by atoms with Crippen LogP contribution in [0.4, 0.5) is 0 Å². The molecule has 1 aliphatic heterocycles. The quantitative estimate of drug-likeness (QED) is 0.539. The van der Waals surface area contributed by atoms with Gasteiger partial charge in [-0.15, -0.1) is 5.06 Å². The minimum absolute atomic E-state index is 0.169. The van der Waals surface area contributed by atoms with Crippen molar-refractivity contribution in [1.82, 2.24) is 5.06 Å². The molecule has 2 unspecified atom stereocenters. The van der Waals surface area contributed by atoms with E-state index < -0.39 is 12.5 Å². The van der Waals surface area contributed by atoms with Crippen LogP contribution >= 0.6 is 0 Å². The van der Waals surface area contributed by atoms with Gasteiger partial charge in [0.1, 0.15) is 0 Å². The molecule has 1 saturated heterocycles. The van der Waals surface area contributed by atoms with E-state index >= 15 is 0 Å². The molecule has 0 bridgehead atoms. The highest BCUT2D eigenvalue weighted by Gasteiger charge is 2.51. The Morgan fingerprint density at radius 2 is 1.38 bits per heavy atom. The van der Waals surface area contributed by atoms with E-state index in [2.05, 4.69) is 36.4 Å². The summed E-state index contributed by atoms with van der Waals surface area (Å²) >= 11 is 0. The van der Waals surface area contributed by atoms with E-state index in [0.717, 1.165) is 18.4 Å². The highest BCUT2D eigenvalue weighted by molar-refractivity contribution is 5.29. The summed E-state index contributed by atoms with van der Waals surface area (Å²) in [5, 5.41) is 1.92. The molecule has 0 amide bonds. The summed E-state index contributed by atoms with van der Waals surface area (Å²) in [6, 6.07) is 30.9. The molecule has 29 heavy (non-hydrogen) atoms. The van der Waals surface area contributed by atoms with E-state index in [1.807, 2.05) is 59.7 Å². The molecule has 0 N–H and O–H groups in total. The van der Waals surface area contributed by atoms with Crippen LogP contribution in [0.25, 0.3) is 0 Å². The average Bonchev–Trinajstić information content (AvgIpc) is 2.75. The fourth-order valence-electron chi connectivity index (χ4n) is 4.25. The monoisotopic (exact) mass is 387 g/mol. The van der Waals surface area contributed by atoms with E-state index in [-0.39, 0.29) is 5.41 Å². The molecule has 1 heterocycles.